The highest BCUT2D eigenvalue weighted by Gasteiger charge is 2.23. The minimum absolute atomic E-state index is 0.0699. The average Bonchev–Trinajstić information content (AvgIpc) is 2.86. The number of nitrogens with zero attached hydrogens (tertiary/aromatic N) is 1. The smallest absolute Gasteiger partial charge is 0.255 e. The number of aliphatic hydroxyl groups is 1. The summed E-state index contributed by atoms with van der Waals surface area (Å²) in [6.07, 6.45) is 4.34. The predicted octanol–water partition coefficient (Wildman–Crippen LogP) is 4.19. The number of piperidine rings is 1. The van der Waals surface area contributed by atoms with Crippen molar-refractivity contribution in [1.82, 2.24) is 15.2 Å². The number of nitrogens with one attached hydrogen (secondary N) is 2. The fourth-order valence-electron chi connectivity index (χ4n) is 4.17. The Morgan fingerprint density at radius 3 is 2.69 bits per heavy atom. The van der Waals surface area contributed by atoms with Crippen molar-refractivity contribution < 1.29 is 14.6 Å². The van der Waals surface area contributed by atoms with Gasteiger partial charge < -0.3 is 25.0 Å². The maximum Gasteiger partial charge on any atom is 0.255 e. The zero-order valence-corrected chi connectivity index (χ0v) is 21.6. The van der Waals surface area contributed by atoms with E-state index in [2.05, 4.69) is 15.2 Å². The number of carbonyl (C=O) groups is 1. The number of aliphatic hydroxyl groups excluding tert-OH is 1. The van der Waals surface area contributed by atoms with E-state index in [1.165, 1.54) is 18.0 Å². The summed E-state index contributed by atoms with van der Waals surface area (Å²) in [5.74, 6) is 0.357. The van der Waals surface area contributed by atoms with Crippen molar-refractivity contribution in [3.63, 3.8) is 0 Å². The van der Waals surface area contributed by atoms with E-state index in [0.29, 0.717) is 38.7 Å². The van der Waals surface area contributed by atoms with Gasteiger partial charge in [-0.3, -0.25) is 9.59 Å². The standard InChI is InChI=1S/C25H27Cl2N3O4S/c1-35-18-3-4-19-20(11-18)24(32)29-13-21(19)25(33)28-12-15(31)14-30-8-6-16(7-9-30)34-17-2-5-22(26)23(27)10-17/h2-5,10-11,13,15-16,31H,6-9,12,14H2,1H3,(H,28,33)(H,29,32)/t15-/m1/s1. The van der Waals surface area contributed by atoms with Gasteiger partial charge >= 0.3 is 0 Å². The highest BCUT2D eigenvalue weighted by molar-refractivity contribution is 7.98. The van der Waals surface area contributed by atoms with E-state index in [0.717, 1.165) is 30.8 Å². The van der Waals surface area contributed by atoms with E-state index >= 15 is 0 Å². The number of hydrogen-bond donors (Lipinski definition) is 3. The molecular weight excluding hydrogens is 509 g/mol. The first-order chi connectivity index (χ1) is 16.8. The Morgan fingerprint density at radius 1 is 1.20 bits per heavy atom. The van der Waals surface area contributed by atoms with Crippen molar-refractivity contribution in [2.45, 2.75) is 29.9 Å². The molecule has 1 aromatic heterocycles. The van der Waals surface area contributed by atoms with Crippen LogP contribution in [0.15, 0.2) is 52.3 Å². The second-order valence-corrected chi connectivity index (χ2v) is 10.2. The number of ether oxygens (including phenoxy) is 1. The van der Waals surface area contributed by atoms with E-state index in [1.54, 1.807) is 30.3 Å². The van der Waals surface area contributed by atoms with Gasteiger partial charge in [-0.25, -0.2) is 0 Å². The third kappa shape index (κ3) is 6.51. The van der Waals surface area contributed by atoms with Crippen LogP contribution >= 0.6 is 35.0 Å². The number of pyridine rings is 1. The minimum atomic E-state index is -0.719. The Balaban J connectivity index is 1.26. The highest BCUT2D eigenvalue weighted by Crippen LogP contribution is 2.28. The Bertz CT molecular complexity index is 1260. The molecule has 0 aliphatic carbocycles. The van der Waals surface area contributed by atoms with Crippen LogP contribution in [0.25, 0.3) is 10.8 Å². The topological polar surface area (TPSA) is 94.7 Å². The summed E-state index contributed by atoms with van der Waals surface area (Å²) in [6, 6.07) is 10.7. The van der Waals surface area contributed by atoms with E-state index in [4.69, 9.17) is 27.9 Å². The van der Waals surface area contributed by atoms with Gasteiger partial charge in [0, 0.05) is 54.1 Å². The molecule has 0 spiro atoms. The van der Waals surface area contributed by atoms with Crippen LogP contribution in [0.2, 0.25) is 10.0 Å². The molecule has 0 saturated carbocycles. The zero-order chi connectivity index (χ0) is 24.9. The van der Waals surface area contributed by atoms with E-state index in [1.807, 2.05) is 12.3 Å². The number of thioether (sulfide) groups is 1. The summed E-state index contributed by atoms with van der Waals surface area (Å²) >= 11 is 13.5. The van der Waals surface area contributed by atoms with Gasteiger partial charge in [-0.15, -0.1) is 11.8 Å². The lowest BCUT2D eigenvalue weighted by molar-refractivity contribution is 0.0594. The number of fused-ring (bicyclic) bond motifs is 1. The predicted molar refractivity (Wildman–Crippen MR) is 141 cm³/mol. The molecule has 3 aromatic rings. The van der Waals surface area contributed by atoms with E-state index in [9.17, 15) is 14.7 Å². The van der Waals surface area contributed by atoms with E-state index < -0.39 is 6.10 Å². The minimum Gasteiger partial charge on any atom is -0.490 e. The molecule has 1 fully saturated rings. The summed E-state index contributed by atoms with van der Waals surface area (Å²) in [5, 5.41) is 15.3. The lowest BCUT2D eigenvalue weighted by Crippen LogP contribution is -2.45. The maximum atomic E-state index is 12.8. The molecule has 1 atom stereocenters. The number of H-pyrrole nitrogens is 1. The molecule has 2 heterocycles. The van der Waals surface area contributed by atoms with Crippen LogP contribution < -0.4 is 15.6 Å². The molecule has 186 valence electrons. The number of benzene rings is 2. The Labute approximate surface area is 217 Å². The fraction of sp³-hybridized carbons (Fsp3) is 0.360. The van der Waals surface area contributed by atoms with Gasteiger partial charge in [-0.05, 0) is 43.4 Å². The molecule has 1 aliphatic rings. The van der Waals surface area contributed by atoms with Crippen molar-refractivity contribution in [2.75, 3.05) is 32.4 Å². The molecule has 1 amide bonds. The maximum absolute atomic E-state index is 12.8. The van der Waals surface area contributed by atoms with Crippen LogP contribution in [0.4, 0.5) is 0 Å². The summed E-state index contributed by atoms with van der Waals surface area (Å²) in [5.41, 5.74) is 0.138. The van der Waals surface area contributed by atoms with Gasteiger partial charge in [0.25, 0.3) is 11.5 Å². The number of hydrogen-bond acceptors (Lipinski definition) is 6. The van der Waals surface area contributed by atoms with Crippen LogP contribution in [-0.4, -0.2) is 65.5 Å². The van der Waals surface area contributed by atoms with Crippen LogP contribution in [0.5, 0.6) is 5.75 Å². The second kappa shape index (κ2) is 11.7. The SMILES string of the molecule is CSc1ccc2c(C(=O)NC[C@@H](O)CN3CCC(Oc4ccc(Cl)c(Cl)c4)CC3)c[nH]c(=O)c2c1. The fourth-order valence-corrected chi connectivity index (χ4v) is 4.90. The number of likely N-dealkylation sites (tertiary alicyclic amines) is 1. The number of aromatic amines is 1. The van der Waals surface area contributed by atoms with Crippen LogP contribution in [0.1, 0.15) is 23.2 Å². The number of halogens is 2. The Hall–Kier alpha value is -2.23. The zero-order valence-electron chi connectivity index (χ0n) is 19.2. The number of aromatic nitrogens is 1. The van der Waals surface area contributed by atoms with Gasteiger partial charge in [0.15, 0.2) is 0 Å². The molecule has 7 nitrogen and oxygen atoms in total. The first-order valence-electron chi connectivity index (χ1n) is 11.3. The molecular formula is C25H27Cl2N3O4S. The third-order valence-electron chi connectivity index (χ3n) is 6.05. The third-order valence-corrected chi connectivity index (χ3v) is 7.51. The van der Waals surface area contributed by atoms with Crippen molar-refractivity contribution in [3.8, 4) is 5.75 Å². The molecule has 10 heteroatoms. The van der Waals surface area contributed by atoms with Crippen LogP contribution in [0, 0.1) is 0 Å². The first-order valence-corrected chi connectivity index (χ1v) is 13.3. The molecule has 4 rings (SSSR count). The molecule has 1 aliphatic heterocycles. The van der Waals surface area contributed by atoms with E-state index in [-0.39, 0.29) is 24.1 Å². The Morgan fingerprint density at radius 2 is 1.97 bits per heavy atom. The first kappa shape index (κ1) is 25.9. The van der Waals surface area contributed by atoms with Crippen molar-refractivity contribution in [3.05, 3.63) is 68.6 Å². The largest absolute Gasteiger partial charge is 0.490 e. The highest BCUT2D eigenvalue weighted by atomic mass is 35.5. The van der Waals surface area contributed by atoms with Gasteiger partial charge in [0.2, 0.25) is 0 Å². The quantitative estimate of drug-likeness (QED) is 0.374. The molecule has 35 heavy (non-hydrogen) atoms. The molecule has 3 N–H and O–H groups in total. The van der Waals surface area contributed by atoms with Gasteiger partial charge in [0.05, 0.1) is 21.7 Å². The molecule has 0 unspecified atom stereocenters. The summed E-state index contributed by atoms with van der Waals surface area (Å²) in [7, 11) is 0. The normalized spacial score (nSPS) is 15.8. The summed E-state index contributed by atoms with van der Waals surface area (Å²) in [4.78, 5) is 30.7. The second-order valence-electron chi connectivity index (χ2n) is 8.50. The van der Waals surface area contributed by atoms with Crippen LogP contribution in [-0.2, 0) is 0 Å². The van der Waals surface area contributed by atoms with Gasteiger partial charge in [-0.1, -0.05) is 29.3 Å². The van der Waals surface area contributed by atoms with Crippen molar-refractivity contribution >= 4 is 51.6 Å². The molecule has 1 saturated heterocycles. The van der Waals surface area contributed by atoms with Gasteiger partial charge in [-0.2, -0.15) is 0 Å². The number of carbonyl (C=O) groups excluding carboxylic acids is 1. The summed E-state index contributed by atoms with van der Waals surface area (Å²) in [6.45, 7) is 2.12. The average molecular weight is 536 g/mol. The lowest BCUT2D eigenvalue weighted by atomic mass is 10.1. The molecule has 0 radical (unpaired) electrons. The van der Waals surface area contributed by atoms with Crippen molar-refractivity contribution in [2.24, 2.45) is 0 Å². The number of amides is 1. The molecule has 2 aromatic carbocycles. The van der Waals surface area contributed by atoms with Crippen LogP contribution in [0.3, 0.4) is 0 Å². The monoisotopic (exact) mass is 535 g/mol. The lowest BCUT2D eigenvalue weighted by Gasteiger charge is -2.33. The number of rotatable bonds is 8. The number of β-amino-alcohol motifs (C(OH)–C–C–N with tert-alkyl or cyclic N) is 1. The van der Waals surface area contributed by atoms with Gasteiger partial charge in [0.1, 0.15) is 11.9 Å². The summed E-state index contributed by atoms with van der Waals surface area (Å²) < 4.78 is 6.01. The molecule has 0 bridgehead atoms. The Kier molecular flexibility index (Phi) is 8.62. The van der Waals surface area contributed by atoms with Crippen molar-refractivity contribution in [1.29, 1.82) is 0 Å².